The Labute approximate surface area is 99.0 Å². The van der Waals surface area contributed by atoms with Crippen LogP contribution in [0.4, 0.5) is 11.4 Å². The molecule has 2 rings (SSSR count). The maximum absolute atomic E-state index is 11.5. The molecule has 92 valence electrons. The van der Waals surface area contributed by atoms with Gasteiger partial charge in [0.2, 0.25) is 10.0 Å². The number of amides is 1. The Kier molecular flexibility index (Phi) is 2.93. The van der Waals surface area contributed by atoms with Crippen LogP contribution < -0.4 is 14.8 Å². The molecule has 2 N–H and O–H groups in total. The van der Waals surface area contributed by atoms with Gasteiger partial charge in [0, 0.05) is 0 Å². The third kappa shape index (κ3) is 2.50. The lowest BCUT2D eigenvalue weighted by atomic mass is 10.2. The molecule has 1 aromatic carbocycles. The van der Waals surface area contributed by atoms with Gasteiger partial charge in [-0.05, 0) is 19.1 Å². The van der Waals surface area contributed by atoms with E-state index in [1.165, 1.54) is 6.92 Å². The summed E-state index contributed by atoms with van der Waals surface area (Å²) in [5.74, 6) is 0.118. The lowest BCUT2D eigenvalue weighted by Crippen LogP contribution is -2.27. The lowest BCUT2D eigenvalue weighted by molar-refractivity contribution is -0.118. The van der Waals surface area contributed by atoms with E-state index < -0.39 is 10.0 Å². The molecule has 1 heterocycles. The minimum absolute atomic E-state index is 0.0362. The highest BCUT2D eigenvalue weighted by molar-refractivity contribution is 7.92. The van der Waals surface area contributed by atoms with Crippen LogP contribution in [0, 0.1) is 0 Å². The molecule has 1 aliphatic rings. The largest absolute Gasteiger partial charge is 0.481 e. The van der Waals surface area contributed by atoms with Crippen molar-refractivity contribution in [1.29, 1.82) is 0 Å². The number of carbonyl (C=O) groups excluding carboxylic acids is 1. The van der Waals surface area contributed by atoms with Gasteiger partial charge in [-0.1, -0.05) is 6.07 Å². The predicted octanol–water partition coefficient (Wildman–Crippen LogP) is 0.779. The van der Waals surface area contributed by atoms with Gasteiger partial charge in [-0.3, -0.25) is 9.52 Å². The minimum atomic E-state index is -3.38. The molecule has 0 radical (unpaired) electrons. The molecule has 0 aliphatic carbocycles. The van der Waals surface area contributed by atoms with Crippen molar-refractivity contribution in [3.05, 3.63) is 18.2 Å². The zero-order chi connectivity index (χ0) is 12.5. The molecule has 0 saturated heterocycles. The summed E-state index contributed by atoms with van der Waals surface area (Å²) in [4.78, 5) is 11.2. The maximum atomic E-state index is 11.5. The first kappa shape index (κ1) is 11.7. The van der Waals surface area contributed by atoms with E-state index in [2.05, 4.69) is 10.0 Å². The molecule has 6 nitrogen and oxygen atoms in total. The van der Waals surface area contributed by atoms with Crippen LogP contribution in [0.1, 0.15) is 6.92 Å². The average Bonchev–Trinajstić information content (AvgIpc) is 2.30. The summed E-state index contributed by atoms with van der Waals surface area (Å²) in [6, 6.07) is 4.89. The fraction of sp³-hybridized carbons (Fsp3) is 0.300. The van der Waals surface area contributed by atoms with Gasteiger partial charge in [0.1, 0.15) is 11.4 Å². The summed E-state index contributed by atoms with van der Waals surface area (Å²) in [7, 11) is -3.38. The summed E-state index contributed by atoms with van der Waals surface area (Å²) >= 11 is 0. The fourth-order valence-electron chi connectivity index (χ4n) is 1.42. The molecule has 1 amide bonds. The predicted molar refractivity (Wildman–Crippen MR) is 63.7 cm³/mol. The molecule has 0 fully saturated rings. The van der Waals surface area contributed by atoms with Gasteiger partial charge in [-0.25, -0.2) is 8.42 Å². The number of fused-ring (bicyclic) bond motifs is 1. The van der Waals surface area contributed by atoms with Crippen molar-refractivity contribution in [3.63, 3.8) is 0 Å². The molecular formula is C10H12N2O4S. The van der Waals surface area contributed by atoms with Gasteiger partial charge >= 0.3 is 0 Å². The molecule has 0 aromatic heterocycles. The van der Waals surface area contributed by atoms with E-state index in [9.17, 15) is 13.2 Å². The number of carbonyl (C=O) groups is 1. The van der Waals surface area contributed by atoms with Crippen molar-refractivity contribution in [3.8, 4) is 5.75 Å². The van der Waals surface area contributed by atoms with E-state index in [1.807, 2.05) is 0 Å². The van der Waals surface area contributed by atoms with E-state index in [0.717, 1.165) is 0 Å². The third-order valence-electron chi connectivity index (χ3n) is 2.29. The number of hydrogen-bond acceptors (Lipinski definition) is 4. The molecule has 0 bridgehead atoms. The number of para-hydroxylation sites is 1. The van der Waals surface area contributed by atoms with Crippen LogP contribution in [0.25, 0.3) is 0 Å². The second-order valence-corrected chi connectivity index (χ2v) is 5.53. The fourth-order valence-corrected chi connectivity index (χ4v) is 2.07. The van der Waals surface area contributed by atoms with Crippen molar-refractivity contribution in [2.45, 2.75) is 6.92 Å². The van der Waals surface area contributed by atoms with Gasteiger partial charge < -0.3 is 10.1 Å². The number of benzene rings is 1. The van der Waals surface area contributed by atoms with Gasteiger partial charge in [0.25, 0.3) is 5.91 Å². The second kappa shape index (κ2) is 4.25. The van der Waals surface area contributed by atoms with Crippen LogP contribution in [0.15, 0.2) is 18.2 Å². The van der Waals surface area contributed by atoms with Crippen LogP contribution in [0.2, 0.25) is 0 Å². The van der Waals surface area contributed by atoms with Gasteiger partial charge in [-0.2, -0.15) is 0 Å². The average molecular weight is 256 g/mol. The smallest absolute Gasteiger partial charge is 0.262 e. The van der Waals surface area contributed by atoms with Crippen molar-refractivity contribution in [2.75, 3.05) is 22.4 Å². The molecule has 17 heavy (non-hydrogen) atoms. The molecule has 0 atom stereocenters. The molecule has 1 aliphatic heterocycles. The molecule has 0 spiro atoms. The standard InChI is InChI=1S/C10H12N2O4S/c1-2-17(14,15)12-7-4-3-5-8-10(7)11-9(13)6-16-8/h3-5,12H,2,6H2,1H3,(H,11,13). The van der Waals surface area contributed by atoms with Crippen LogP contribution >= 0.6 is 0 Å². The Balaban J connectivity index is 2.39. The van der Waals surface area contributed by atoms with E-state index in [4.69, 9.17) is 4.74 Å². The lowest BCUT2D eigenvalue weighted by Gasteiger charge is -2.20. The number of rotatable bonds is 3. The first-order valence-corrected chi connectivity index (χ1v) is 6.73. The van der Waals surface area contributed by atoms with Crippen molar-refractivity contribution in [2.24, 2.45) is 0 Å². The highest BCUT2D eigenvalue weighted by atomic mass is 32.2. The summed E-state index contributed by atoms with van der Waals surface area (Å²) in [5, 5.41) is 2.58. The second-order valence-electron chi connectivity index (χ2n) is 3.52. The van der Waals surface area contributed by atoms with E-state index in [-0.39, 0.29) is 18.3 Å². The van der Waals surface area contributed by atoms with Crippen LogP contribution in [0.5, 0.6) is 5.75 Å². The summed E-state index contributed by atoms with van der Waals surface area (Å²) < 4.78 is 30.5. The highest BCUT2D eigenvalue weighted by Crippen LogP contribution is 2.35. The Hall–Kier alpha value is -1.76. The Morgan fingerprint density at radius 1 is 1.47 bits per heavy atom. The zero-order valence-corrected chi connectivity index (χ0v) is 10.0. The summed E-state index contributed by atoms with van der Waals surface area (Å²) in [6.07, 6.45) is 0. The van der Waals surface area contributed by atoms with Crippen LogP contribution in [0.3, 0.4) is 0 Å². The number of sulfonamides is 1. The molecule has 0 saturated carbocycles. The van der Waals surface area contributed by atoms with E-state index >= 15 is 0 Å². The third-order valence-corrected chi connectivity index (χ3v) is 3.59. The Bertz CT molecular complexity index is 553. The maximum Gasteiger partial charge on any atom is 0.262 e. The number of ether oxygens (including phenoxy) is 1. The Morgan fingerprint density at radius 3 is 2.94 bits per heavy atom. The molecule has 0 unspecified atom stereocenters. The van der Waals surface area contributed by atoms with Crippen molar-refractivity contribution in [1.82, 2.24) is 0 Å². The summed E-state index contributed by atoms with van der Waals surface area (Å²) in [5.41, 5.74) is 0.679. The molecule has 1 aromatic rings. The highest BCUT2D eigenvalue weighted by Gasteiger charge is 2.20. The number of anilines is 2. The first-order valence-electron chi connectivity index (χ1n) is 5.08. The topological polar surface area (TPSA) is 84.5 Å². The zero-order valence-electron chi connectivity index (χ0n) is 9.19. The van der Waals surface area contributed by atoms with Gasteiger partial charge in [-0.15, -0.1) is 0 Å². The minimum Gasteiger partial charge on any atom is -0.481 e. The van der Waals surface area contributed by atoms with Crippen LogP contribution in [-0.2, 0) is 14.8 Å². The normalized spacial score (nSPS) is 14.5. The quantitative estimate of drug-likeness (QED) is 0.837. The van der Waals surface area contributed by atoms with Gasteiger partial charge in [0.15, 0.2) is 6.61 Å². The Morgan fingerprint density at radius 2 is 2.24 bits per heavy atom. The monoisotopic (exact) mass is 256 g/mol. The molecular weight excluding hydrogens is 244 g/mol. The van der Waals surface area contributed by atoms with Crippen molar-refractivity contribution < 1.29 is 17.9 Å². The van der Waals surface area contributed by atoms with Gasteiger partial charge in [0.05, 0.1) is 11.4 Å². The SMILES string of the molecule is CCS(=O)(=O)Nc1cccc2c1NC(=O)CO2. The molecule has 7 heteroatoms. The van der Waals surface area contributed by atoms with Crippen molar-refractivity contribution >= 4 is 27.3 Å². The number of nitrogens with one attached hydrogen (secondary N) is 2. The summed E-state index contributed by atoms with van der Waals surface area (Å²) in [6.45, 7) is 1.48. The van der Waals surface area contributed by atoms with E-state index in [0.29, 0.717) is 17.1 Å². The first-order chi connectivity index (χ1) is 8.02. The van der Waals surface area contributed by atoms with Crippen LogP contribution in [-0.4, -0.2) is 26.7 Å². The van der Waals surface area contributed by atoms with E-state index in [1.54, 1.807) is 18.2 Å². The number of hydrogen-bond donors (Lipinski definition) is 2.